The van der Waals surface area contributed by atoms with Crippen LogP contribution in [0, 0.1) is 12.8 Å². The van der Waals surface area contributed by atoms with Gasteiger partial charge < -0.3 is 9.47 Å². The summed E-state index contributed by atoms with van der Waals surface area (Å²) in [5.41, 5.74) is 2.60. The summed E-state index contributed by atoms with van der Waals surface area (Å²) < 4.78 is 4.97. The Hall–Kier alpha value is -2.83. The van der Waals surface area contributed by atoms with E-state index in [2.05, 4.69) is 16.4 Å². The van der Waals surface area contributed by atoms with Crippen molar-refractivity contribution in [3.8, 4) is 0 Å². The summed E-state index contributed by atoms with van der Waals surface area (Å²) in [5.74, 6) is 1.29. The first-order valence-electron chi connectivity index (χ1n) is 11.5. The summed E-state index contributed by atoms with van der Waals surface area (Å²) >= 11 is 0. The van der Waals surface area contributed by atoms with Crippen molar-refractivity contribution in [2.24, 2.45) is 13.0 Å². The Morgan fingerprint density at radius 3 is 2.45 bits per heavy atom. The van der Waals surface area contributed by atoms with Crippen molar-refractivity contribution < 1.29 is 0 Å². The van der Waals surface area contributed by atoms with E-state index in [1.807, 2.05) is 31.2 Å². The first-order chi connectivity index (χ1) is 14.9. The van der Waals surface area contributed by atoms with Gasteiger partial charge in [-0.05, 0) is 31.2 Å². The fraction of sp³-hybridized carbons (Fsp3) is 0.542. The molecular weight excluding hydrogens is 390 g/mol. The summed E-state index contributed by atoms with van der Waals surface area (Å²) in [6, 6.07) is 8.44. The molecule has 1 fully saturated rings. The highest BCUT2D eigenvalue weighted by atomic mass is 16.2. The second-order valence-electron chi connectivity index (χ2n) is 9.46. The Morgan fingerprint density at radius 1 is 1.03 bits per heavy atom. The van der Waals surface area contributed by atoms with Crippen LogP contribution >= 0.6 is 0 Å². The van der Waals surface area contributed by atoms with Gasteiger partial charge in [-0.15, -0.1) is 0 Å². The number of hydrogen-bond donors (Lipinski definition) is 0. The lowest BCUT2D eigenvalue weighted by molar-refractivity contribution is 0.354. The average Bonchev–Trinajstić information content (AvgIpc) is 3.16. The molecule has 7 heteroatoms. The normalized spacial score (nSPS) is 19.7. The number of fused-ring (bicyclic) bond motifs is 3. The highest BCUT2D eigenvalue weighted by Gasteiger charge is 2.33. The monoisotopic (exact) mass is 421 g/mol. The van der Waals surface area contributed by atoms with E-state index in [9.17, 15) is 9.59 Å². The minimum absolute atomic E-state index is 0.241. The molecule has 3 aromatic rings. The number of imidazole rings is 1. The van der Waals surface area contributed by atoms with Crippen LogP contribution in [0.3, 0.4) is 0 Å². The maximum atomic E-state index is 13.6. The van der Waals surface area contributed by atoms with Crippen molar-refractivity contribution in [1.82, 2.24) is 18.7 Å². The summed E-state index contributed by atoms with van der Waals surface area (Å²) in [4.78, 5) is 33.9. The minimum atomic E-state index is -0.314. The quantitative estimate of drug-likeness (QED) is 0.652. The van der Waals surface area contributed by atoms with E-state index in [1.165, 1.54) is 36.7 Å². The second-order valence-corrected chi connectivity index (χ2v) is 9.46. The molecule has 0 radical (unpaired) electrons. The summed E-state index contributed by atoms with van der Waals surface area (Å²) in [6.45, 7) is 6.24. The zero-order valence-corrected chi connectivity index (χ0v) is 18.7. The van der Waals surface area contributed by atoms with Crippen LogP contribution in [-0.4, -0.2) is 31.3 Å². The van der Waals surface area contributed by atoms with E-state index in [0.717, 1.165) is 30.2 Å². The molecule has 0 N–H and O–H groups in total. The third-order valence-electron chi connectivity index (χ3n) is 6.95. The third-order valence-corrected chi connectivity index (χ3v) is 6.95. The van der Waals surface area contributed by atoms with Gasteiger partial charge in [0.15, 0.2) is 11.2 Å². The van der Waals surface area contributed by atoms with Crippen LogP contribution in [-0.2, 0) is 20.1 Å². The van der Waals surface area contributed by atoms with E-state index < -0.39 is 0 Å². The second kappa shape index (κ2) is 7.70. The van der Waals surface area contributed by atoms with Crippen LogP contribution in [0.5, 0.6) is 0 Å². The van der Waals surface area contributed by atoms with Crippen LogP contribution in [0.2, 0.25) is 0 Å². The Bertz CT molecular complexity index is 1230. The molecule has 0 unspecified atom stereocenters. The Labute approximate surface area is 181 Å². The first-order valence-corrected chi connectivity index (χ1v) is 11.5. The van der Waals surface area contributed by atoms with Gasteiger partial charge in [-0.1, -0.05) is 56.0 Å². The number of nitrogens with zero attached hydrogens (tertiary/aromatic N) is 5. The third kappa shape index (κ3) is 3.40. The van der Waals surface area contributed by atoms with Gasteiger partial charge in [-0.25, -0.2) is 4.79 Å². The summed E-state index contributed by atoms with van der Waals surface area (Å²) in [5, 5.41) is 0. The standard InChI is InChI=1S/C24H31N5O2/c1-16-9-11-18(12-10-16)15-29-22(30)20-21(26(3)24(29)31)25-23-27(13-17(2)14-28(20)23)19-7-5-4-6-8-19/h9-12,17,19H,4-8,13-15H2,1-3H3/t17-/m1/s1. The van der Waals surface area contributed by atoms with Crippen LogP contribution in [0.15, 0.2) is 33.9 Å². The Balaban J connectivity index is 1.66. The molecule has 164 valence electrons. The molecule has 0 spiro atoms. The molecular formula is C24H31N5O2. The zero-order valence-electron chi connectivity index (χ0n) is 18.7. The fourth-order valence-electron chi connectivity index (χ4n) is 5.26. The van der Waals surface area contributed by atoms with Crippen LogP contribution < -0.4 is 16.1 Å². The van der Waals surface area contributed by atoms with Gasteiger partial charge in [0.25, 0.3) is 5.56 Å². The molecule has 31 heavy (non-hydrogen) atoms. The van der Waals surface area contributed by atoms with E-state index in [1.54, 1.807) is 11.6 Å². The van der Waals surface area contributed by atoms with E-state index in [4.69, 9.17) is 4.98 Å². The highest BCUT2D eigenvalue weighted by molar-refractivity contribution is 5.75. The molecule has 1 aliphatic heterocycles. The molecule has 7 nitrogen and oxygen atoms in total. The molecule has 0 saturated heterocycles. The van der Waals surface area contributed by atoms with Crippen LogP contribution in [0.1, 0.15) is 50.2 Å². The molecule has 5 rings (SSSR count). The van der Waals surface area contributed by atoms with Gasteiger partial charge in [-0.3, -0.25) is 13.9 Å². The topological polar surface area (TPSA) is 65.1 Å². The number of benzene rings is 1. The van der Waals surface area contributed by atoms with Crippen molar-refractivity contribution in [3.05, 3.63) is 56.2 Å². The molecule has 2 aliphatic rings. The molecule has 0 amide bonds. The largest absolute Gasteiger partial charge is 0.339 e. The lowest BCUT2D eigenvalue weighted by Gasteiger charge is -2.40. The van der Waals surface area contributed by atoms with Gasteiger partial charge >= 0.3 is 5.69 Å². The Morgan fingerprint density at radius 2 is 1.74 bits per heavy atom. The van der Waals surface area contributed by atoms with Gasteiger partial charge in [0.1, 0.15) is 0 Å². The molecule has 1 saturated carbocycles. The fourth-order valence-corrected chi connectivity index (χ4v) is 5.26. The lowest BCUT2D eigenvalue weighted by atomic mass is 9.93. The van der Waals surface area contributed by atoms with Gasteiger partial charge in [0.2, 0.25) is 5.95 Å². The number of aryl methyl sites for hydroxylation is 2. The van der Waals surface area contributed by atoms with Gasteiger partial charge in [0, 0.05) is 26.2 Å². The number of rotatable bonds is 3. The molecule has 3 heterocycles. The highest BCUT2D eigenvalue weighted by Crippen LogP contribution is 2.33. The maximum Gasteiger partial charge on any atom is 0.332 e. The van der Waals surface area contributed by atoms with Crippen LogP contribution in [0.4, 0.5) is 5.95 Å². The summed E-state index contributed by atoms with van der Waals surface area (Å²) in [7, 11) is 1.73. The predicted octanol–water partition coefficient (Wildman–Crippen LogP) is 3.04. The van der Waals surface area contributed by atoms with Crippen molar-refractivity contribution in [3.63, 3.8) is 0 Å². The SMILES string of the molecule is Cc1ccc(Cn2c(=O)c3c(nc4n3C[C@H](C)CN4C3CCCCC3)n(C)c2=O)cc1. The van der Waals surface area contributed by atoms with E-state index in [-0.39, 0.29) is 17.8 Å². The van der Waals surface area contributed by atoms with E-state index >= 15 is 0 Å². The van der Waals surface area contributed by atoms with E-state index in [0.29, 0.717) is 23.1 Å². The van der Waals surface area contributed by atoms with Crippen molar-refractivity contribution in [1.29, 1.82) is 0 Å². The van der Waals surface area contributed by atoms with Crippen molar-refractivity contribution >= 4 is 17.1 Å². The number of aromatic nitrogens is 4. The Kier molecular flexibility index (Phi) is 4.99. The number of anilines is 1. The smallest absolute Gasteiger partial charge is 0.332 e. The predicted molar refractivity (Wildman–Crippen MR) is 123 cm³/mol. The van der Waals surface area contributed by atoms with Crippen LogP contribution in [0.25, 0.3) is 11.2 Å². The zero-order chi connectivity index (χ0) is 21.7. The van der Waals surface area contributed by atoms with Crippen molar-refractivity contribution in [2.45, 2.75) is 65.1 Å². The van der Waals surface area contributed by atoms with Gasteiger partial charge in [0.05, 0.1) is 6.54 Å². The molecule has 1 aromatic carbocycles. The maximum absolute atomic E-state index is 13.6. The molecule has 2 aromatic heterocycles. The first kappa shape index (κ1) is 20.1. The average molecular weight is 422 g/mol. The molecule has 1 aliphatic carbocycles. The van der Waals surface area contributed by atoms with Gasteiger partial charge in [-0.2, -0.15) is 4.98 Å². The lowest BCUT2D eigenvalue weighted by Crippen LogP contribution is -2.45. The molecule has 1 atom stereocenters. The number of hydrogen-bond acceptors (Lipinski definition) is 4. The minimum Gasteiger partial charge on any atom is -0.339 e. The molecule has 0 bridgehead atoms. The van der Waals surface area contributed by atoms with Crippen molar-refractivity contribution in [2.75, 3.05) is 11.4 Å². The summed E-state index contributed by atoms with van der Waals surface area (Å²) in [6.07, 6.45) is 6.14.